The predicted molar refractivity (Wildman–Crippen MR) is 157 cm³/mol. The topological polar surface area (TPSA) is 46.6 Å². The molecule has 2 aliphatic carbocycles. The monoisotopic (exact) mass is 529 g/mol. The van der Waals surface area contributed by atoms with Crippen molar-refractivity contribution in [1.29, 1.82) is 0 Å². The van der Waals surface area contributed by atoms with Gasteiger partial charge in [0.1, 0.15) is 17.8 Å². The van der Waals surface area contributed by atoms with E-state index in [0.29, 0.717) is 24.8 Å². The Morgan fingerprint density at radius 3 is 2.08 bits per heavy atom. The molecular weight excluding hydrogens is 482 g/mol. The highest BCUT2D eigenvalue weighted by molar-refractivity contribution is 5.88. The molecule has 4 atom stereocenters. The number of aldehydes is 1. The van der Waals surface area contributed by atoms with Crippen molar-refractivity contribution in [3.8, 4) is 0 Å². The summed E-state index contributed by atoms with van der Waals surface area (Å²) >= 11 is 0. The van der Waals surface area contributed by atoms with Crippen LogP contribution in [-0.4, -0.2) is 42.4 Å². The van der Waals surface area contributed by atoms with E-state index < -0.39 is 5.41 Å². The van der Waals surface area contributed by atoms with Crippen LogP contribution in [0.15, 0.2) is 60.7 Å². The molecule has 2 aromatic carbocycles. The van der Waals surface area contributed by atoms with Crippen molar-refractivity contribution >= 4 is 12.3 Å². The molecule has 3 aliphatic rings. The normalized spacial score (nSPS) is 25.4. The quantitative estimate of drug-likeness (QED) is 0.173. The van der Waals surface area contributed by atoms with Gasteiger partial charge in [0.05, 0.1) is 0 Å². The average Bonchev–Trinajstić information content (AvgIpc) is 3.40. The minimum atomic E-state index is -0.937. The van der Waals surface area contributed by atoms with Crippen molar-refractivity contribution in [3.63, 3.8) is 0 Å². The van der Waals surface area contributed by atoms with E-state index in [1.807, 2.05) is 36.4 Å². The summed E-state index contributed by atoms with van der Waals surface area (Å²) in [6.45, 7) is 4.48. The Hall–Kier alpha value is -2.46. The van der Waals surface area contributed by atoms with Crippen LogP contribution in [0.25, 0.3) is 0 Å². The molecule has 4 heteroatoms. The lowest BCUT2D eigenvalue weighted by Gasteiger charge is -2.38. The third-order valence-corrected chi connectivity index (χ3v) is 10.2. The minimum absolute atomic E-state index is 0.0610. The number of esters is 1. The van der Waals surface area contributed by atoms with Gasteiger partial charge in [0.2, 0.25) is 0 Å². The van der Waals surface area contributed by atoms with Crippen LogP contribution in [0.2, 0.25) is 0 Å². The van der Waals surface area contributed by atoms with E-state index in [4.69, 9.17) is 4.74 Å². The van der Waals surface area contributed by atoms with Crippen molar-refractivity contribution in [2.24, 2.45) is 17.8 Å². The Kier molecular flexibility index (Phi) is 9.55. The number of rotatable bonds is 11. The lowest BCUT2D eigenvalue weighted by molar-refractivity contribution is -0.157. The summed E-state index contributed by atoms with van der Waals surface area (Å²) in [6, 6.07) is 20.9. The van der Waals surface area contributed by atoms with Crippen LogP contribution in [0.3, 0.4) is 0 Å². The lowest BCUT2D eigenvalue weighted by atomic mass is 9.68. The molecule has 39 heavy (non-hydrogen) atoms. The molecule has 1 heterocycles. The fraction of sp³-hybridized carbons (Fsp3) is 0.600. The van der Waals surface area contributed by atoms with Crippen LogP contribution in [0.4, 0.5) is 0 Å². The number of carbonyl (C=O) groups excluding carboxylic acids is 2. The molecule has 5 rings (SSSR count). The van der Waals surface area contributed by atoms with Gasteiger partial charge in [0.25, 0.3) is 0 Å². The molecular formula is C35H47NO3. The smallest absolute Gasteiger partial charge is 0.321 e. The fourth-order valence-corrected chi connectivity index (χ4v) is 7.64. The summed E-state index contributed by atoms with van der Waals surface area (Å²) in [5.41, 5.74) is 0.991. The van der Waals surface area contributed by atoms with E-state index >= 15 is 0 Å². The third-order valence-electron chi connectivity index (χ3n) is 10.2. The van der Waals surface area contributed by atoms with E-state index in [1.54, 1.807) is 0 Å². The van der Waals surface area contributed by atoms with Crippen LogP contribution in [-0.2, 0) is 19.7 Å². The number of likely N-dealkylation sites (tertiary alicyclic amines) is 1. The van der Waals surface area contributed by atoms with Gasteiger partial charge < -0.3 is 14.4 Å². The average molecular weight is 530 g/mol. The van der Waals surface area contributed by atoms with Gasteiger partial charge in [-0.1, -0.05) is 93.3 Å². The molecule has 3 fully saturated rings. The molecule has 0 aromatic heterocycles. The van der Waals surface area contributed by atoms with Gasteiger partial charge in [0.15, 0.2) is 0 Å². The predicted octanol–water partition coefficient (Wildman–Crippen LogP) is 7.34. The molecule has 1 aliphatic heterocycles. The van der Waals surface area contributed by atoms with E-state index in [1.165, 1.54) is 58.0 Å². The third kappa shape index (κ3) is 6.32. The highest BCUT2D eigenvalue weighted by atomic mass is 16.5. The summed E-state index contributed by atoms with van der Waals surface area (Å²) in [5.74, 6) is 1.42. The highest BCUT2D eigenvalue weighted by Gasteiger charge is 2.47. The molecule has 4 unspecified atom stereocenters. The molecule has 0 spiro atoms. The molecule has 0 amide bonds. The molecule has 210 valence electrons. The van der Waals surface area contributed by atoms with E-state index in [-0.39, 0.29) is 18.0 Å². The van der Waals surface area contributed by atoms with Crippen LogP contribution >= 0.6 is 0 Å². The van der Waals surface area contributed by atoms with Gasteiger partial charge in [0, 0.05) is 12.5 Å². The summed E-state index contributed by atoms with van der Waals surface area (Å²) in [5, 5.41) is 0. The number of hydrogen-bond donors (Lipinski definition) is 0. The molecule has 0 N–H and O–H groups in total. The first-order valence-electron chi connectivity index (χ1n) is 15.6. The van der Waals surface area contributed by atoms with Crippen molar-refractivity contribution in [1.82, 2.24) is 4.90 Å². The van der Waals surface area contributed by atoms with Crippen molar-refractivity contribution < 1.29 is 14.3 Å². The van der Waals surface area contributed by atoms with E-state index in [2.05, 4.69) is 36.1 Å². The number of nitrogens with zero attached hydrogens (tertiary/aromatic N) is 1. The van der Waals surface area contributed by atoms with Crippen LogP contribution in [0.5, 0.6) is 0 Å². The zero-order valence-electron chi connectivity index (χ0n) is 23.8. The van der Waals surface area contributed by atoms with Gasteiger partial charge in [-0.25, -0.2) is 0 Å². The largest absolute Gasteiger partial charge is 0.461 e. The molecule has 2 aromatic rings. The van der Waals surface area contributed by atoms with Crippen LogP contribution < -0.4 is 0 Å². The van der Waals surface area contributed by atoms with Crippen LogP contribution in [0, 0.1) is 17.8 Å². The fourth-order valence-electron chi connectivity index (χ4n) is 7.64. The van der Waals surface area contributed by atoms with Gasteiger partial charge in [-0.05, 0) is 86.9 Å². The molecule has 1 saturated heterocycles. The first-order valence-corrected chi connectivity index (χ1v) is 15.6. The number of ether oxygens (including phenoxy) is 1. The Bertz CT molecular complexity index is 1000. The van der Waals surface area contributed by atoms with Gasteiger partial charge >= 0.3 is 5.97 Å². The Labute approximate surface area is 235 Å². The van der Waals surface area contributed by atoms with Gasteiger partial charge in [-0.2, -0.15) is 0 Å². The number of hydrogen-bond acceptors (Lipinski definition) is 4. The maximum atomic E-state index is 14.8. The SMILES string of the molecule is CCC(CC=O)CC(C(=O)OC1CC(C2CCC2)CCC(N2CCCC2)C1)(c1ccccc1)c1ccccc1. The van der Waals surface area contributed by atoms with E-state index in [0.717, 1.165) is 42.6 Å². The lowest BCUT2D eigenvalue weighted by Crippen LogP contribution is -2.43. The van der Waals surface area contributed by atoms with Crippen molar-refractivity contribution in [2.75, 3.05) is 13.1 Å². The van der Waals surface area contributed by atoms with E-state index in [9.17, 15) is 9.59 Å². The second-order valence-electron chi connectivity index (χ2n) is 12.4. The number of benzene rings is 2. The second kappa shape index (κ2) is 13.3. The zero-order valence-corrected chi connectivity index (χ0v) is 23.8. The van der Waals surface area contributed by atoms with Gasteiger partial charge in [-0.15, -0.1) is 0 Å². The summed E-state index contributed by atoms with van der Waals surface area (Å²) in [7, 11) is 0. The van der Waals surface area contributed by atoms with Crippen molar-refractivity contribution in [2.45, 2.75) is 102 Å². The zero-order chi connectivity index (χ0) is 27.1. The maximum absolute atomic E-state index is 14.8. The standard InChI is InChI=1S/C35H47NO3/c1-2-27(20-23-37)26-35(30-14-5-3-6-15-30,31-16-7-4-8-17-31)34(38)39-33-24-29(28-12-11-13-28)18-19-32(25-33)36-21-9-10-22-36/h3-8,14-17,23,27-29,32-33H,2,9-13,18-22,24-26H2,1H3. The maximum Gasteiger partial charge on any atom is 0.321 e. The van der Waals surface area contributed by atoms with Crippen molar-refractivity contribution in [3.05, 3.63) is 71.8 Å². The Balaban J connectivity index is 1.50. The van der Waals surface area contributed by atoms with Crippen LogP contribution in [0.1, 0.15) is 95.1 Å². The summed E-state index contributed by atoms with van der Waals surface area (Å²) < 4.78 is 6.75. The molecule has 2 saturated carbocycles. The summed E-state index contributed by atoms with van der Waals surface area (Å²) in [6.07, 6.45) is 13.8. The molecule has 0 radical (unpaired) electrons. The Morgan fingerprint density at radius 1 is 0.897 bits per heavy atom. The second-order valence-corrected chi connectivity index (χ2v) is 12.4. The first-order chi connectivity index (χ1) is 19.1. The molecule has 0 bridgehead atoms. The Morgan fingerprint density at radius 2 is 1.54 bits per heavy atom. The highest BCUT2D eigenvalue weighted by Crippen LogP contribution is 2.45. The first kappa shape index (κ1) is 28.1. The number of carbonyl (C=O) groups is 2. The van der Waals surface area contributed by atoms with Gasteiger partial charge in [-0.3, -0.25) is 4.79 Å². The summed E-state index contributed by atoms with van der Waals surface area (Å²) in [4.78, 5) is 29.1. The molecule has 4 nitrogen and oxygen atoms in total. The minimum Gasteiger partial charge on any atom is -0.461 e.